The van der Waals surface area contributed by atoms with Gasteiger partial charge in [0.1, 0.15) is 18.2 Å². The highest BCUT2D eigenvalue weighted by Gasteiger charge is 2.34. The monoisotopic (exact) mass is 383 g/mol. The first kappa shape index (κ1) is 17.2. The van der Waals surface area contributed by atoms with E-state index in [2.05, 4.69) is 20.7 Å². The van der Waals surface area contributed by atoms with E-state index in [1.807, 2.05) is 0 Å². The Kier molecular flexibility index (Phi) is 4.37. The number of nitrogens with zero attached hydrogens (tertiary/aromatic N) is 3. The Morgan fingerprint density at radius 1 is 1.22 bits per heavy atom. The smallest absolute Gasteiger partial charge is 0.255 e. The highest BCUT2D eigenvalue weighted by Crippen LogP contribution is 2.36. The molecular formula is C19H15ClFN5O. The zero-order chi connectivity index (χ0) is 19.0. The van der Waals surface area contributed by atoms with Gasteiger partial charge in [-0.15, -0.1) is 0 Å². The van der Waals surface area contributed by atoms with Crippen molar-refractivity contribution < 1.29 is 9.18 Å². The zero-order valence-electron chi connectivity index (χ0n) is 14.3. The molecule has 8 heteroatoms. The lowest BCUT2D eigenvalue weighted by molar-refractivity contribution is -0.113. The molecule has 6 nitrogen and oxygen atoms in total. The summed E-state index contributed by atoms with van der Waals surface area (Å²) in [7, 11) is 0. The van der Waals surface area contributed by atoms with Gasteiger partial charge >= 0.3 is 0 Å². The molecule has 27 heavy (non-hydrogen) atoms. The van der Waals surface area contributed by atoms with E-state index in [0.717, 1.165) is 0 Å². The van der Waals surface area contributed by atoms with Crippen LogP contribution < -0.4 is 10.6 Å². The van der Waals surface area contributed by atoms with Gasteiger partial charge in [0.2, 0.25) is 5.95 Å². The van der Waals surface area contributed by atoms with Crippen LogP contribution >= 0.6 is 11.6 Å². The number of hydrogen-bond acceptors (Lipinski definition) is 4. The zero-order valence-corrected chi connectivity index (χ0v) is 15.0. The van der Waals surface area contributed by atoms with E-state index in [1.54, 1.807) is 49.4 Å². The molecule has 2 heterocycles. The van der Waals surface area contributed by atoms with E-state index in [-0.39, 0.29) is 0 Å². The lowest BCUT2D eigenvalue weighted by Crippen LogP contribution is -2.32. The second kappa shape index (κ2) is 6.85. The number of rotatable bonds is 3. The SMILES string of the molecule is CC1=C(C(=O)Nc2ccccc2Cl)C(c2ccccc2F)n2ncnc2N1. The maximum Gasteiger partial charge on any atom is 0.255 e. The molecule has 1 amide bonds. The number of fused-ring (bicyclic) bond motifs is 1. The molecule has 2 aromatic carbocycles. The highest BCUT2D eigenvalue weighted by molar-refractivity contribution is 6.33. The average Bonchev–Trinajstić information content (AvgIpc) is 3.11. The number of anilines is 2. The summed E-state index contributed by atoms with van der Waals surface area (Å²) >= 11 is 6.15. The van der Waals surface area contributed by atoms with Gasteiger partial charge in [-0.3, -0.25) is 4.79 Å². The topological polar surface area (TPSA) is 71.8 Å². The van der Waals surface area contributed by atoms with Gasteiger partial charge in [-0.25, -0.2) is 9.07 Å². The number of carbonyl (C=O) groups excluding carboxylic acids is 1. The van der Waals surface area contributed by atoms with Crippen molar-refractivity contribution in [2.24, 2.45) is 0 Å². The standard InChI is InChI=1S/C19H15ClFN5O/c1-11-16(18(27)25-15-9-5-3-7-13(15)20)17(12-6-2-4-8-14(12)21)26-19(24-11)22-10-23-26/h2-10,17H,1H3,(H,25,27)(H,22,23,24). The van der Waals surface area contributed by atoms with E-state index in [1.165, 1.54) is 17.1 Å². The molecule has 1 unspecified atom stereocenters. The average molecular weight is 384 g/mol. The van der Waals surface area contributed by atoms with E-state index in [0.29, 0.717) is 33.5 Å². The Balaban J connectivity index is 1.80. The van der Waals surface area contributed by atoms with Crippen LogP contribution in [0.5, 0.6) is 0 Å². The van der Waals surface area contributed by atoms with Crippen LogP contribution in [0.4, 0.5) is 16.0 Å². The predicted molar refractivity (Wildman–Crippen MR) is 101 cm³/mol. The number of hydrogen-bond donors (Lipinski definition) is 2. The summed E-state index contributed by atoms with van der Waals surface area (Å²) in [5.41, 5.74) is 1.70. The Morgan fingerprint density at radius 3 is 2.74 bits per heavy atom. The quantitative estimate of drug-likeness (QED) is 0.717. The summed E-state index contributed by atoms with van der Waals surface area (Å²) in [5.74, 6) is -0.390. The Labute approximate surface area is 159 Å². The van der Waals surface area contributed by atoms with Crippen LogP contribution in [0, 0.1) is 5.82 Å². The summed E-state index contributed by atoms with van der Waals surface area (Å²) < 4.78 is 16.1. The summed E-state index contributed by atoms with van der Waals surface area (Å²) in [6.07, 6.45) is 1.36. The van der Waals surface area contributed by atoms with Gasteiger partial charge in [0, 0.05) is 11.3 Å². The Hall–Kier alpha value is -3.19. The molecule has 0 fully saturated rings. The van der Waals surface area contributed by atoms with Crippen LogP contribution in [0.15, 0.2) is 66.1 Å². The first-order chi connectivity index (χ1) is 13.1. The van der Waals surface area contributed by atoms with Crippen molar-refractivity contribution in [3.63, 3.8) is 0 Å². The molecule has 0 radical (unpaired) electrons. The van der Waals surface area contributed by atoms with Crippen molar-refractivity contribution in [3.8, 4) is 0 Å². The number of halogens is 2. The number of allylic oxidation sites excluding steroid dienone is 1. The summed E-state index contributed by atoms with van der Waals surface area (Å²) in [6, 6.07) is 12.5. The van der Waals surface area contributed by atoms with E-state index < -0.39 is 17.8 Å². The molecular weight excluding hydrogens is 369 g/mol. The van der Waals surface area contributed by atoms with Crippen molar-refractivity contribution >= 4 is 29.1 Å². The summed E-state index contributed by atoms with van der Waals surface area (Å²) in [4.78, 5) is 17.2. The van der Waals surface area contributed by atoms with Crippen molar-refractivity contribution in [2.75, 3.05) is 10.6 Å². The van der Waals surface area contributed by atoms with E-state index >= 15 is 0 Å². The second-order valence-electron chi connectivity index (χ2n) is 6.05. The van der Waals surface area contributed by atoms with Crippen LogP contribution in [0.2, 0.25) is 5.02 Å². The number of nitrogens with one attached hydrogen (secondary N) is 2. The largest absolute Gasteiger partial charge is 0.328 e. The predicted octanol–water partition coefficient (Wildman–Crippen LogP) is 4.00. The van der Waals surface area contributed by atoms with Crippen LogP contribution in [0.25, 0.3) is 0 Å². The van der Waals surface area contributed by atoms with Crippen molar-refractivity contribution in [1.82, 2.24) is 14.8 Å². The van der Waals surface area contributed by atoms with E-state index in [9.17, 15) is 9.18 Å². The number of para-hydroxylation sites is 1. The second-order valence-corrected chi connectivity index (χ2v) is 6.46. The lowest BCUT2D eigenvalue weighted by Gasteiger charge is -2.29. The van der Waals surface area contributed by atoms with Gasteiger partial charge in [0.15, 0.2) is 0 Å². The number of aromatic nitrogens is 3. The molecule has 1 atom stereocenters. The fourth-order valence-corrected chi connectivity index (χ4v) is 3.30. The fourth-order valence-electron chi connectivity index (χ4n) is 3.12. The van der Waals surface area contributed by atoms with Crippen LogP contribution in [0.3, 0.4) is 0 Å². The van der Waals surface area contributed by atoms with Crippen LogP contribution in [-0.2, 0) is 4.79 Å². The van der Waals surface area contributed by atoms with Crippen molar-refractivity contribution in [3.05, 3.63) is 82.5 Å². The summed E-state index contributed by atoms with van der Waals surface area (Å²) in [6.45, 7) is 1.74. The lowest BCUT2D eigenvalue weighted by atomic mass is 9.94. The van der Waals surface area contributed by atoms with Gasteiger partial charge in [-0.2, -0.15) is 10.1 Å². The molecule has 136 valence electrons. The normalized spacial score (nSPS) is 15.9. The molecule has 0 bridgehead atoms. The third kappa shape index (κ3) is 3.06. The molecule has 1 aliphatic rings. The Bertz CT molecular complexity index is 1060. The van der Waals surface area contributed by atoms with Crippen molar-refractivity contribution in [1.29, 1.82) is 0 Å². The fraction of sp³-hybridized carbons (Fsp3) is 0.105. The van der Waals surface area contributed by atoms with Gasteiger partial charge < -0.3 is 10.6 Å². The molecule has 2 N–H and O–H groups in total. The first-order valence-electron chi connectivity index (χ1n) is 8.24. The molecule has 0 saturated heterocycles. The maximum absolute atomic E-state index is 14.6. The molecule has 0 spiro atoms. The third-order valence-electron chi connectivity index (χ3n) is 4.36. The highest BCUT2D eigenvalue weighted by atomic mass is 35.5. The Morgan fingerprint density at radius 2 is 1.96 bits per heavy atom. The molecule has 0 saturated carbocycles. The van der Waals surface area contributed by atoms with Gasteiger partial charge in [-0.1, -0.05) is 41.9 Å². The van der Waals surface area contributed by atoms with E-state index in [4.69, 9.17) is 11.6 Å². The number of amides is 1. The summed E-state index contributed by atoms with van der Waals surface area (Å²) in [5, 5.41) is 10.4. The van der Waals surface area contributed by atoms with Gasteiger partial charge in [-0.05, 0) is 25.1 Å². The minimum atomic E-state index is -0.757. The van der Waals surface area contributed by atoms with Crippen molar-refractivity contribution in [2.45, 2.75) is 13.0 Å². The molecule has 1 aromatic heterocycles. The third-order valence-corrected chi connectivity index (χ3v) is 4.69. The van der Waals surface area contributed by atoms with Crippen LogP contribution in [-0.4, -0.2) is 20.7 Å². The maximum atomic E-state index is 14.6. The molecule has 1 aliphatic heterocycles. The number of benzene rings is 2. The molecule has 4 rings (SSSR count). The van der Waals surface area contributed by atoms with Gasteiger partial charge in [0.25, 0.3) is 5.91 Å². The number of carbonyl (C=O) groups is 1. The molecule has 3 aromatic rings. The molecule has 0 aliphatic carbocycles. The van der Waals surface area contributed by atoms with Crippen LogP contribution in [0.1, 0.15) is 18.5 Å². The first-order valence-corrected chi connectivity index (χ1v) is 8.61. The minimum absolute atomic E-state index is 0.328. The minimum Gasteiger partial charge on any atom is -0.328 e. The van der Waals surface area contributed by atoms with Gasteiger partial charge in [0.05, 0.1) is 16.3 Å².